The smallest absolute Gasteiger partial charge is 0.311 e. The standard InChI is InChI=1S/C13H10BrFN2O3S/c1-20-10(18)5-7-6-21-13(16-7)17-12(19)8-3-2-4-9(14)11(8)15/h2-4,6H,5H2,1H3,(H,16,17,19). The van der Waals surface area contributed by atoms with Gasteiger partial charge < -0.3 is 4.74 Å². The Hall–Kier alpha value is -1.80. The molecule has 0 bridgehead atoms. The normalized spacial score (nSPS) is 10.2. The zero-order chi connectivity index (χ0) is 15.4. The van der Waals surface area contributed by atoms with Crippen LogP contribution in [0.2, 0.25) is 0 Å². The maximum Gasteiger partial charge on any atom is 0.311 e. The summed E-state index contributed by atoms with van der Waals surface area (Å²) in [6.07, 6.45) is 0.0219. The topological polar surface area (TPSA) is 68.3 Å². The number of hydrogen-bond donors (Lipinski definition) is 1. The quantitative estimate of drug-likeness (QED) is 0.837. The fourth-order valence-electron chi connectivity index (χ4n) is 1.51. The van der Waals surface area contributed by atoms with E-state index in [1.54, 1.807) is 11.4 Å². The van der Waals surface area contributed by atoms with Gasteiger partial charge >= 0.3 is 5.97 Å². The van der Waals surface area contributed by atoms with E-state index in [2.05, 4.69) is 31.0 Å². The maximum atomic E-state index is 13.8. The molecule has 8 heteroatoms. The molecule has 0 fully saturated rings. The first-order valence-corrected chi connectivity index (χ1v) is 7.45. The Morgan fingerprint density at radius 1 is 1.48 bits per heavy atom. The summed E-state index contributed by atoms with van der Waals surface area (Å²) in [5, 5.41) is 4.41. The highest BCUT2D eigenvalue weighted by Crippen LogP contribution is 2.21. The summed E-state index contributed by atoms with van der Waals surface area (Å²) < 4.78 is 18.5. The Labute approximate surface area is 132 Å². The maximum absolute atomic E-state index is 13.8. The molecule has 1 aromatic carbocycles. The second-order valence-corrected chi connectivity index (χ2v) is 5.66. The van der Waals surface area contributed by atoms with Gasteiger partial charge in [0.25, 0.3) is 5.91 Å². The SMILES string of the molecule is COC(=O)Cc1csc(NC(=O)c2cccc(Br)c2F)n1. The zero-order valence-corrected chi connectivity index (χ0v) is 13.3. The number of hydrogen-bond acceptors (Lipinski definition) is 5. The van der Waals surface area contributed by atoms with E-state index in [0.717, 1.165) is 11.3 Å². The molecule has 1 heterocycles. The summed E-state index contributed by atoms with van der Waals surface area (Å²) in [6.45, 7) is 0. The summed E-state index contributed by atoms with van der Waals surface area (Å²) in [4.78, 5) is 27.2. The van der Waals surface area contributed by atoms with E-state index in [4.69, 9.17) is 0 Å². The summed E-state index contributed by atoms with van der Waals surface area (Å²) in [5.41, 5.74) is 0.394. The van der Waals surface area contributed by atoms with Crippen LogP contribution in [0, 0.1) is 5.82 Å². The van der Waals surface area contributed by atoms with Gasteiger partial charge in [-0.05, 0) is 28.1 Å². The van der Waals surface area contributed by atoms with Crippen LogP contribution in [0.25, 0.3) is 0 Å². The Morgan fingerprint density at radius 3 is 2.95 bits per heavy atom. The molecule has 0 aliphatic heterocycles. The monoisotopic (exact) mass is 372 g/mol. The van der Waals surface area contributed by atoms with Gasteiger partial charge in [0, 0.05) is 5.38 Å². The molecule has 2 rings (SSSR count). The van der Waals surface area contributed by atoms with Crippen molar-refractivity contribution in [2.45, 2.75) is 6.42 Å². The summed E-state index contributed by atoms with van der Waals surface area (Å²) >= 11 is 4.17. The molecule has 0 saturated heterocycles. The largest absolute Gasteiger partial charge is 0.469 e. The highest BCUT2D eigenvalue weighted by atomic mass is 79.9. The van der Waals surface area contributed by atoms with E-state index >= 15 is 0 Å². The molecule has 0 unspecified atom stereocenters. The Morgan fingerprint density at radius 2 is 2.24 bits per heavy atom. The van der Waals surface area contributed by atoms with Crippen molar-refractivity contribution in [1.82, 2.24) is 4.98 Å². The predicted molar refractivity (Wildman–Crippen MR) is 79.9 cm³/mol. The number of aromatic nitrogens is 1. The van der Waals surface area contributed by atoms with Crippen LogP contribution < -0.4 is 5.32 Å². The first-order chi connectivity index (χ1) is 10.0. The minimum Gasteiger partial charge on any atom is -0.469 e. The van der Waals surface area contributed by atoms with Gasteiger partial charge in [0.15, 0.2) is 5.13 Å². The van der Waals surface area contributed by atoms with E-state index in [0.29, 0.717) is 10.8 Å². The number of rotatable bonds is 4. The summed E-state index contributed by atoms with van der Waals surface area (Å²) in [7, 11) is 1.29. The number of nitrogens with zero attached hydrogens (tertiary/aromatic N) is 1. The Balaban J connectivity index is 2.09. The van der Waals surface area contributed by atoms with Crippen molar-refractivity contribution in [2.24, 2.45) is 0 Å². The van der Waals surface area contributed by atoms with Gasteiger partial charge in [-0.2, -0.15) is 0 Å². The minimum atomic E-state index is -0.638. The predicted octanol–water partition coefficient (Wildman–Crippen LogP) is 3.01. The molecule has 0 saturated carbocycles. The van der Waals surface area contributed by atoms with Crippen LogP contribution in [-0.4, -0.2) is 24.0 Å². The van der Waals surface area contributed by atoms with Crippen LogP contribution in [-0.2, 0) is 16.0 Å². The number of anilines is 1. The number of benzene rings is 1. The number of thiazole rings is 1. The molecule has 110 valence electrons. The third kappa shape index (κ3) is 3.85. The summed E-state index contributed by atoms with van der Waals surface area (Å²) in [6, 6.07) is 4.44. The van der Waals surface area contributed by atoms with Gasteiger partial charge in [0.05, 0.1) is 29.3 Å². The number of ether oxygens (including phenoxy) is 1. The first-order valence-electron chi connectivity index (χ1n) is 5.78. The van der Waals surface area contributed by atoms with E-state index < -0.39 is 17.7 Å². The number of amides is 1. The van der Waals surface area contributed by atoms with Crippen LogP contribution >= 0.6 is 27.3 Å². The number of carbonyl (C=O) groups excluding carboxylic acids is 2. The van der Waals surface area contributed by atoms with E-state index in [1.165, 1.54) is 19.2 Å². The molecule has 5 nitrogen and oxygen atoms in total. The highest BCUT2D eigenvalue weighted by molar-refractivity contribution is 9.10. The molecule has 0 spiro atoms. The van der Waals surface area contributed by atoms with E-state index in [-0.39, 0.29) is 16.5 Å². The molecule has 0 atom stereocenters. The van der Waals surface area contributed by atoms with Crippen molar-refractivity contribution >= 4 is 44.3 Å². The summed E-state index contributed by atoms with van der Waals surface area (Å²) in [5.74, 6) is -1.66. The van der Waals surface area contributed by atoms with Crippen LogP contribution in [0.15, 0.2) is 28.1 Å². The molecule has 1 N–H and O–H groups in total. The van der Waals surface area contributed by atoms with Gasteiger partial charge in [-0.3, -0.25) is 14.9 Å². The molecule has 1 aromatic heterocycles. The second kappa shape index (κ2) is 6.77. The van der Waals surface area contributed by atoms with Gasteiger partial charge in [-0.25, -0.2) is 9.37 Å². The van der Waals surface area contributed by atoms with Crippen molar-refractivity contribution in [3.63, 3.8) is 0 Å². The fourth-order valence-corrected chi connectivity index (χ4v) is 2.58. The number of methoxy groups -OCH3 is 1. The molecule has 21 heavy (non-hydrogen) atoms. The lowest BCUT2D eigenvalue weighted by Crippen LogP contribution is -2.14. The Bertz CT molecular complexity index is 690. The molecule has 0 aliphatic rings. The van der Waals surface area contributed by atoms with Gasteiger partial charge in [-0.15, -0.1) is 11.3 Å². The average molecular weight is 373 g/mol. The molecule has 0 aliphatic carbocycles. The molecule has 1 amide bonds. The second-order valence-electron chi connectivity index (χ2n) is 3.95. The average Bonchev–Trinajstić information content (AvgIpc) is 2.88. The number of esters is 1. The van der Waals surface area contributed by atoms with Crippen LogP contribution in [0.4, 0.5) is 9.52 Å². The highest BCUT2D eigenvalue weighted by Gasteiger charge is 2.16. The van der Waals surface area contributed by atoms with Crippen molar-refractivity contribution in [2.75, 3.05) is 12.4 Å². The van der Waals surface area contributed by atoms with Crippen LogP contribution in [0.1, 0.15) is 16.1 Å². The third-order valence-corrected chi connectivity index (χ3v) is 3.94. The fraction of sp³-hybridized carbons (Fsp3) is 0.154. The lowest BCUT2D eigenvalue weighted by atomic mass is 10.2. The zero-order valence-electron chi connectivity index (χ0n) is 10.9. The van der Waals surface area contributed by atoms with E-state index in [1.807, 2.05) is 0 Å². The van der Waals surface area contributed by atoms with E-state index in [9.17, 15) is 14.0 Å². The number of carbonyl (C=O) groups is 2. The minimum absolute atomic E-state index is 0.0219. The molecular weight excluding hydrogens is 363 g/mol. The van der Waals surface area contributed by atoms with Crippen LogP contribution in [0.3, 0.4) is 0 Å². The van der Waals surface area contributed by atoms with Gasteiger partial charge in [0.2, 0.25) is 0 Å². The number of nitrogens with one attached hydrogen (secondary N) is 1. The van der Waals surface area contributed by atoms with Gasteiger partial charge in [0.1, 0.15) is 5.82 Å². The van der Waals surface area contributed by atoms with Crippen molar-refractivity contribution in [3.8, 4) is 0 Å². The first kappa shape index (κ1) is 15.6. The van der Waals surface area contributed by atoms with Crippen molar-refractivity contribution < 1.29 is 18.7 Å². The van der Waals surface area contributed by atoms with Gasteiger partial charge in [-0.1, -0.05) is 6.07 Å². The lowest BCUT2D eigenvalue weighted by molar-refractivity contribution is -0.139. The van der Waals surface area contributed by atoms with Crippen molar-refractivity contribution in [3.05, 3.63) is 45.1 Å². The third-order valence-electron chi connectivity index (χ3n) is 2.52. The molecule has 0 radical (unpaired) electrons. The van der Waals surface area contributed by atoms with Crippen molar-refractivity contribution in [1.29, 1.82) is 0 Å². The van der Waals surface area contributed by atoms with Crippen LogP contribution in [0.5, 0.6) is 0 Å². The lowest BCUT2D eigenvalue weighted by Gasteiger charge is -2.04. The number of halogens is 2. The molecule has 2 aromatic rings. The Kier molecular flexibility index (Phi) is 5.03. The molecular formula is C13H10BrFN2O3S.